The van der Waals surface area contributed by atoms with Crippen molar-refractivity contribution in [3.63, 3.8) is 0 Å². The Morgan fingerprint density at radius 3 is 2.62 bits per heavy atom. The van der Waals surface area contributed by atoms with Crippen molar-refractivity contribution in [3.8, 4) is 0 Å². The van der Waals surface area contributed by atoms with Crippen molar-refractivity contribution in [1.29, 1.82) is 0 Å². The van der Waals surface area contributed by atoms with Crippen molar-refractivity contribution >= 4 is 0 Å². The molecule has 0 aromatic heterocycles. The number of hydrogen-bond acceptors (Lipinski definition) is 2. The summed E-state index contributed by atoms with van der Waals surface area (Å²) in [5.74, 6) is 0.560. The molecule has 0 amide bonds. The molecular weight excluding hydrogens is 162 g/mol. The SMILES string of the molecule is C=C(C)CCC(N)CC(C)COC. The number of methoxy groups -OCH3 is 1. The fraction of sp³-hybridized carbons (Fsp3) is 0.818. The van der Waals surface area contributed by atoms with Gasteiger partial charge in [-0.05, 0) is 32.1 Å². The second kappa shape index (κ2) is 7.10. The summed E-state index contributed by atoms with van der Waals surface area (Å²) in [7, 11) is 1.73. The molecule has 2 nitrogen and oxygen atoms in total. The number of allylic oxidation sites excluding steroid dienone is 1. The summed E-state index contributed by atoms with van der Waals surface area (Å²) in [5, 5.41) is 0. The third kappa shape index (κ3) is 8.00. The van der Waals surface area contributed by atoms with Gasteiger partial charge in [0.25, 0.3) is 0 Å². The summed E-state index contributed by atoms with van der Waals surface area (Å²) < 4.78 is 5.06. The predicted molar refractivity (Wildman–Crippen MR) is 57.7 cm³/mol. The van der Waals surface area contributed by atoms with Crippen LogP contribution < -0.4 is 5.73 Å². The molecule has 0 saturated heterocycles. The van der Waals surface area contributed by atoms with Crippen LogP contribution in [0.5, 0.6) is 0 Å². The molecule has 13 heavy (non-hydrogen) atoms. The average Bonchev–Trinajstić information content (AvgIpc) is 2.01. The van der Waals surface area contributed by atoms with Crippen LogP contribution >= 0.6 is 0 Å². The molecule has 0 aliphatic carbocycles. The molecule has 0 radical (unpaired) electrons. The zero-order valence-electron chi connectivity index (χ0n) is 9.18. The van der Waals surface area contributed by atoms with E-state index < -0.39 is 0 Å². The molecule has 2 atom stereocenters. The lowest BCUT2D eigenvalue weighted by atomic mass is 9.98. The quantitative estimate of drug-likeness (QED) is 0.618. The molecule has 0 heterocycles. The summed E-state index contributed by atoms with van der Waals surface area (Å²) >= 11 is 0. The molecule has 0 spiro atoms. The first kappa shape index (κ1) is 12.7. The molecule has 2 heteroatoms. The lowest BCUT2D eigenvalue weighted by molar-refractivity contribution is 0.151. The first-order valence-corrected chi connectivity index (χ1v) is 4.95. The highest BCUT2D eigenvalue weighted by Gasteiger charge is 2.08. The molecule has 0 aliphatic heterocycles. The van der Waals surface area contributed by atoms with Crippen molar-refractivity contribution in [2.45, 2.75) is 39.2 Å². The predicted octanol–water partition coefficient (Wildman–Crippen LogP) is 2.34. The van der Waals surface area contributed by atoms with Gasteiger partial charge in [0.2, 0.25) is 0 Å². The lowest BCUT2D eigenvalue weighted by Gasteiger charge is -2.16. The van der Waals surface area contributed by atoms with Gasteiger partial charge in [-0.3, -0.25) is 0 Å². The minimum absolute atomic E-state index is 0.293. The van der Waals surface area contributed by atoms with E-state index in [2.05, 4.69) is 13.5 Å². The van der Waals surface area contributed by atoms with Gasteiger partial charge in [-0.1, -0.05) is 12.5 Å². The molecule has 0 bridgehead atoms. The van der Waals surface area contributed by atoms with Crippen LogP contribution in [0.2, 0.25) is 0 Å². The van der Waals surface area contributed by atoms with E-state index in [1.807, 2.05) is 6.92 Å². The fourth-order valence-electron chi connectivity index (χ4n) is 1.42. The first-order valence-electron chi connectivity index (χ1n) is 4.95. The number of hydrogen-bond donors (Lipinski definition) is 1. The minimum Gasteiger partial charge on any atom is -0.384 e. The Labute approximate surface area is 82.2 Å². The van der Waals surface area contributed by atoms with Crippen LogP contribution in [0, 0.1) is 5.92 Å². The third-order valence-corrected chi connectivity index (χ3v) is 2.10. The zero-order valence-corrected chi connectivity index (χ0v) is 9.18. The molecule has 0 rings (SSSR count). The summed E-state index contributed by atoms with van der Waals surface area (Å²) in [6, 6.07) is 0.293. The molecule has 2 unspecified atom stereocenters. The summed E-state index contributed by atoms with van der Waals surface area (Å²) in [6.45, 7) is 8.89. The van der Waals surface area contributed by atoms with Crippen LogP contribution in [0.3, 0.4) is 0 Å². The highest BCUT2D eigenvalue weighted by Crippen LogP contribution is 2.11. The molecule has 0 aromatic rings. The van der Waals surface area contributed by atoms with Crippen LogP contribution in [0.1, 0.15) is 33.1 Å². The highest BCUT2D eigenvalue weighted by molar-refractivity contribution is 4.88. The highest BCUT2D eigenvalue weighted by atomic mass is 16.5. The monoisotopic (exact) mass is 185 g/mol. The Morgan fingerprint density at radius 2 is 2.15 bits per heavy atom. The van der Waals surface area contributed by atoms with E-state index in [1.165, 1.54) is 5.57 Å². The Bertz CT molecular complexity index is 145. The van der Waals surface area contributed by atoms with Crippen molar-refractivity contribution in [2.24, 2.45) is 11.7 Å². The van der Waals surface area contributed by atoms with Crippen molar-refractivity contribution < 1.29 is 4.74 Å². The Balaban J connectivity index is 3.48. The van der Waals surface area contributed by atoms with Gasteiger partial charge in [0.15, 0.2) is 0 Å². The van der Waals surface area contributed by atoms with E-state index in [1.54, 1.807) is 7.11 Å². The Kier molecular flexibility index (Phi) is 6.92. The van der Waals surface area contributed by atoms with Gasteiger partial charge in [0.05, 0.1) is 0 Å². The maximum Gasteiger partial charge on any atom is 0.0488 e. The summed E-state index contributed by atoms with van der Waals surface area (Å²) in [5.41, 5.74) is 7.17. The van der Waals surface area contributed by atoms with Crippen LogP contribution in [0.25, 0.3) is 0 Å². The van der Waals surface area contributed by atoms with Crippen LogP contribution in [-0.2, 0) is 4.74 Å². The molecular formula is C11H23NO. The maximum absolute atomic E-state index is 5.96. The van der Waals surface area contributed by atoms with Gasteiger partial charge in [0, 0.05) is 19.8 Å². The van der Waals surface area contributed by atoms with Gasteiger partial charge in [-0.25, -0.2) is 0 Å². The number of nitrogens with two attached hydrogens (primary N) is 1. The normalized spacial score (nSPS) is 15.4. The smallest absolute Gasteiger partial charge is 0.0488 e. The van der Waals surface area contributed by atoms with Gasteiger partial charge >= 0.3 is 0 Å². The molecule has 0 fully saturated rings. The van der Waals surface area contributed by atoms with Crippen molar-refractivity contribution in [1.82, 2.24) is 0 Å². The largest absolute Gasteiger partial charge is 0.384 e. The lowest BCUT2D eigenvalue weighted by Crippen LogP contribution is -2.24. The molecule has 0 aliphatic rings. The summed E-state index contributed by atoms with van der Waals surface area (Å²) in [6.07, 6.45) is 3.13. The van der Waals surface area contributed by atoms with Crippen LogP contribution in [0.4, 0.5) is 0 Å². The standard InChI is InChI=1S/C11H23NO/c1-9(2)5-6-11(12)7-10(3)8-13-4/h10-11H,1,5-8,12H2,2-4H3. The second-order valence-electron chi connectivity index (χ2n) is 4.05. The van der Waals surface area contributed by atoms with E-state index >= 15 is 0 Å². The van der Waals surface area contributed by atoms with Gasteiger partial charge in [-0.15, -0.1) is 6.58 Å². The minimum atomic E-state index is 0.293. The van der Waals surface area contributed by atoms with Gasteiger partial charge < -0.3 is 10.5 Å². The van der Waals surface area contributed by atoms with E-state index in [4.69, 9.17) is 10.5 Å². The van der Waals surface area contributed by atoms with E-state index in [0.717, 1.165) is 25.9 Å². The van der Waals surface area contributed by atoms with Gasteiger partial charge in [-0.2, -0.15) is 0 Å². The second-order valence-corrected chi connectivity index (χ2v) is 4.05. The Hall–Kier alpha value is -0.340. The van der Waals surface area contributed by atoms with Gasteiger partial charge in [0.1, 0.15) is 0 Å². The number of ether oxygens (including phenoxy) is 1. The third-order valence-electron chi connectivity index (χ3n) is 2.10. The molecule has 0 saturated carbocycles. The van der Waals surface area contributed by atoms with E-state index in [-0.39, 0.29) is 0 Å². The topological polar surface area (TPSA) is 35.2 Å². The first-order chi connectivity index (χ1) is 6.06. The molecule has 78 valence electrons. The molecule has 0 aromatic carbocycles. The van der Waals surface area contributed by atoms with Crippen molar-refractivity contribution in [3.05, 3.63) is 12.2 Å². The fourth-order valence-corrected chi connectivity index (χ4v) is 1.42. The molecule has 2 N–H and O–H groups in total. The summed E-state index contributed by atoms with van der Waals surface area (Å²) in [4.78, 5) is 0. The van der Waals surface area contributed by atoms with Crippen LogP contribution in [0.15, 0.2) is 12.2 Å². The van der Waals surface area contributed by atoms with E-state index in [9.17, 15) is 0 Å². The zero-order chi connectivity index (χ0) is 10.3. The maximum atomic E-state index is 5.96. The van der Waals surface area contributed by atoms with E-state index in [0.29, 0.717) is 12.0 Å². The Morgan fingerprint density at radius 1 is 1.54 bits per heavy atom. The van der Waals surface area contributed by atoms with Crippen LogP contribution in [-0.4, -0.2) is 19.8 Å². The average molecular weight is 185 g/mol. The number of rotatable bonds is 7. The van der Waals surface area contributed by atoms with Crippen molar-refractivity contribution in [2.75, 3.05) is 13.7 Å².